The summed E-state index contributed by atoms with van der Waals surface area (Å²) in [6.07, 6.45) is 0.759. The van der Waals surface area contributed by atoms with Gasteiger partial charge in [-0.3, -0.25) is 9.59 Å². The van der Waals surface area contributed by atoms with Crippen LogP contribution in [0, 0.1) is 6.92 Å². The van der Waals surface area contributed by atoms with Crippen molar-refractivity contribution in [2.75, 3.05) is 31.2 Å². The Labute approximate surface area is 123 Å². The van der Waals surface area contributed by atoms with Crippen molar-refractivity contribution in [2.45, 2.75) is 19.8 Å². The highest BCUT2D eigenvalue weighted by Crippen LogP contribution is 2.32. The molecule has 1 aliphatic rings. The smallest absolute Gasteiger partial charge is 0.265 e. The topological polar surface area (TPSA) is 78.9 Å². The number of aryl methyl sites for hydroxylation is 1. The molecule has 6 nitrogen and oxygen atoms in total. The van der Waals surface area contributed by atoms with Gasteiger partial charge in [-0.05, 0) is 31.0 Å². The molecule has 1 heterocycles. The van der Waals surface area contributed by atoms with Gasteiger partial charge in [0.15, 0.2) is 6.61 Å². The lowest BCUT2D eigenvalue weighted by Crippen LogP contribution is -2.41. The van der Waals surface area contributed by atoms with Crippen LogP contribution in [0.3, 0.4) is 0 Å². The van der Waals surface area contributed by atoms with Gasteiger partial charge in [-0.15, -0.1) is 0 Å². The molecule has 0 radical (unpaired) electrons. The van der Waals surface area contributed by atoms with Gasteiger partial charge < -0.3 is 20.1 Å². The average Bonchev–Trinajstić information content (AvgIpc) is 2.46. The number of nitrogens with one attached hydrogen (secondary N) is 1. The van der Waals surface area contributed by atoms with Gasteiger partial charge in [0.05, 0.1) is 5.69 Å². The number of carbonyl (C=O) groups is 2. The zero-order valence-electron chi connectivity index (χ0n) is 12.1. The molecule has 2 rings (SSSR count). The van der Waals surface area contributed by atoms with Crippen molar-refractivity contribution in [2.24, 2.45) is 0 Å². The third-order valence-corrected chi connectivity index (χ3v) is 3.28. The Balaban J connectivity index is 1.98. The van der Waals surface area contributed by atoms with Gasteiger partial charge in [-0.1, -0.05) is 6.07 Å². The maximum atomic E-state index is 12.0. The Hall–Kier alpha value is -2.08. The number of hydrogen-bond donors (Lipinski definition) is 2. The summed E-state index contributed by atoms with van der Waals surface area (Å²) in [5, 5.41) is 11.4. The highest BCUT2D eigenvalue weighted by Gasteiger charge is 2.25. The molecule has 0 aromatic heterocycles. The van der Waals surface area contributed by atoms with Crippen LogP contribution in [0.2, 0.25) is 0 Å². The standard InChI is InChI=1S/C15H20N2O4/c1-11-3-4-13-12(9-11)17(15(20)10-21-13)7-5-14(19)16-6-2-8-18/h3-4,9,18H,2,5-8,10H2,1H3,(H,16,19). The fourth-order valence-corrected chi connectivity index (χ4v) is 2.17. The fourth-order valence-electron chi connectivity index (χ4n) is 2.17. The van der Waals surface area contributed by atoms with Crippen molar-refractivity contribution in [3.63, 3.8) is 0 Å². The first-order chi connectivity index (χ1) is 10.1. The third kappa shape index (κ3) is 3.95. The van der Waals surface area contributed by atoms with Gasteiger partial charge >= 0.3 is 0 Å². The van der Waals surface area contributed by atoms with Crippen LogP contribution < -0.4 is 15.0 Å². The van der Waals surface area contributed by atoms with E-state index >= 15 is 0 Å². The second-order valence-corrected chi connectivity index (χ2v) is 4.98. The predicted molar refractivity (Wildman–Crippen MR) is 78.4 cm³/mol. The Morgan fingerprint density at radius 1 is 1.48 bits per heavy atom. The van der Waals surface area contributed by atoms with Crippen molar-refractivity contribution < 1.29 is 19.4 Å². The van der Waals surface area contributed by atoms with E-state index in [2.05, 4.69) is 5.32 Å². The summed E-state index contributed by atoms with van der Waals surface area (Å²) in [6.45, 7) is 2.77. The summed E-state index contributed by atoms with van der Waals surface area (Å²) < 4.78 is 5.39. The van der Waals surface area contributed by atoms with E-state index in [0.29, 0.717) is 25.3 Å². The van der Waals surface area contributed by atoms with E-state index in [1.807, 2.05) is 25.1 Å². The molecule has 0 spiro atoms. The molecule has 2 amide bonds. The third-order valence-electron chi connectivity index (χ3n) is 3.28. The second-order valence-electron chi connectivity index (χ2n) is 4.98. The molecule has 0 bridgehead atoms. The van der Waals surface area contributed by atoms with Crippen molar-refractivity contribution >= 4 is 17.5 Å². The highest BCUT2D eigenvalue weighted by atomic mass is 16.5. The van der Waals surface area contributed by atoms with Crippen LogP contribution in [0.5, 0.6) is 5.75 Å². The highest BCUT2D eigenvalue weighted by molar-refractivity contribution is 5.98. The number of nitrogens with zero attached hydrogens (tertiary/aromatic N) is 1. The monoisotopic (exact) mass is 292 g/mol. The van der Waals surface area contributed by atoms with E-state index in [-0.39, 0.29) is 31.4 Å². The maximum absolute atomic E-state index is 12.0. The largest absolute Gasteiger partial charge is 0.482 e. The molecule has 0 unspecified atom stereocenters. The van der Waals surface area contributed by atoms with Crippen molar-refractivity contribution in [3.05, 3.63) is 23.8 Å². The normalized spacial score (nSPS) is 13.6. The Morgan fingerprint density at radius 2 is 2.29 bits per heavy atom. The summed E-state index contributed by atoms with van der Waals surface area (Å²) >= 11 is 0. The van der Waals surface area contributed by atoms with E-state index in [1.165, 1.54) is 0 Å². The quantitative estimate of drug-likeness (QED) is 0.753. The molecular formula is C15H20N2O4. The number of carbonyl (C=O) groups excluding carboxylic acids is 2. The predicted octanol–water partition coefficient (Wildman–Crippen LogP) is 0.609. The molecular weight excluding hydrogens is 272 g/mol. The number of benzene rings is 1. The van der Waals surface area contributed by atoms with E-state index in [9.17, 15) is 9.59 Å². The van der Waals surface area contributed by atoms with Crippen LogP contribution in [0.4, 0.5) is 5.69 Å². The van der Waals surface area contributed by atoms with Crippen molar-refractivity contribution in [1.82, 2.24) is 5.32 Å². The lowest BCUT2D eigenvalue weighted by molar-refractivity contribution is -0.122. The van der Waals surface area contributed by atoms with Gasteiger partial charge in [-0.25, -0.2) is 0 Å². The first kappa shape index (κ1) is 15.3. The minimum atomic E-state index is -0.142. The number of anilines is 1. The number of fused-ring (bicyclic) bond motifs is 1. The lowest BCUT2D eigenvalue weighted by atomic mass is 10.1. The molecule has 21 heavy (non-hydrogen) atoms. The minimum absolute atomic E-state index is 0.00217. The molecule has 0 atom stereocenters. The molecule has 0 fully saturated rings. The molecule has 1 aliphatic heterocycles. The molecule has 114 valence electrons. The minimum Gasteiger partial charge on any atom is -0.482 e. The Bertz CT molecular complexity index is 530. The Morgan fingerprint density at radius 3 is 3.05 bits per heavy atom. The van der Waals surface area contributed by atoms with Gasteiger partial charge in [0, 0.05) is 26.1 Å². The van der Waals surface area contributed by atoms with Crippen molar-refractivity contribution in [1.29, 1.82) is 0 Å². The SMILES string of the molecule is Cc1ccc2c(c1)N(CCC(=O)NCCCO)C(=O)CO2. The lowest BCUT2D eigenvalue weighted by Gasteiger charge is -2.29. The van der Waals surface area contributed by atoms with E-state index < -0.39 is 0 Å². The van der Waals surface area contributed by atoms with Gasteiger partial charge in [0.25, 0.3) is 5.91 Å². The number of aliphatic hydroxyl groups excluding tert-OH is 1. The van der Waals surface area contributed by atoms with Crippen LogP contribution in [0.25, 0.3) is 0 Å². The van der Waals surface area contributed by atoms with Crippen LogP contribution >= 0.6 is 0 Å². The molecule has 6 heteroatoms. The summed E-state index contributed by atoms with van der Waals surface area (Å²) in [7, 11) is 0. The summed E-state index contributed by atoms with van der Waals surface area (Å²) in [5.41, 5.74) is 1.75. The molecule has 2 N–H and O–H groups in total. The fraction of sp³-hybridized carbons (Fsp3) is 0.467. The van der Waals surface area contributed by atoms with E-state index in [0.717, 1.165) is 11.3 Å². The average molecular weight is 292 g/mol. The molecule has 0 saturated heterocycles. The van der Waals surface area contributed by atoms with Gasteiger partial charge in [0.1, 0.15) is 5.75 Å². The van der Waals surface area contributed by atoms with Crippen LogP contribution in [-0.4, -0.2) is 43.2 Å². The number of ether oxygens (including phenoxy) is 1. The first-order valence-corrected chi connectivity index (χ1v) is 7.03. The summed E-state index contributed by atoms with van der Waals surface area (Å²) in [5.74, 6) is 0.397. The second kappa shape index (κ2) is 7.08. The molecule has 0 aliphatic carbocycles. The molecule has 1 aromatic rings. The first-order valence-electron chi connectivity index (χ1n) is 7.03. The maximum Gasteiger partial charge on any atom is 0.265 e. The Kier molecular flexibility index (Phi) is 5.16. The van der Waals surface area contributed by atoms with Crippen LogP contribution in [-0.2, 0) is 9.59 Å². The zero-order valence-corrected chi connectivity index (χ0v) is 12.1. The van der Waals surface area contributed by atoms with Crippen molar-refractivity contribution in [3.8, 4) is 5.75 Å². The summed E-state index contributed by atoms with van der Waals surface area (Å²) in [4.78, 5) is 25.3. The number of aliphatic hydroxyl groups is 1. The van der Waals surface area contributed by atoms with E-state index in [1.54, 1.807) is 4.90 Å². The number of hydrogen-bond acceptors (Lipinski definition) is 4. The number of rotatable bonds is 6. The van der Waals surface area contributed by atoms with Gasteiger partial charge in [0.2, 0.25) is 5.91 Å². The summed E-state index contributed by atoms with van der Waals surface area (Å²) in [6, 6.07) is 5.65. The van der Waals surface area contributed by atoms with Crippen LogP contribution in [0.15, 0.2) is 18.2 Å². The van der Waals surface area contributed by atoms with Crippen LogP contribution in [0.1, 0.15) is 18.4 Å². The zero-order chi connectivity index (χ0) is 15.2. The molecule has 0 saturated carbocycles. The number of amides is 2. The van der Waals surface area contributed by atoms with E-state index in [4.69, 9.17) is 9.84 Å². The molecule has 1 aromatic carbocycles. The van der Waals surface area contributed by atoms with Gasteiger partial charge in [-0.2, -0.15) is 0 Å².